The van der Waals surface area contributed by atoms with Gasteiger partial charge in [-0.2, -0.15) is 0 Å². The van der Waals surface area contributed by atoms with Crippen molar-refractivity contribution in [1.29, 1.82) is 0 Å². The van der Waals surface area contributed by atoms with E-state index in [9.17, 15) is 4.79 Å². The van der Waals surface area contributed by atoms with E-state index in [2.05, 4.69) is 38.1 Å². The van der Waals surface area contributed by atoms with Crippen LogP contribution in [0.1, 0.15) is 24.9 Å². The minimum absolute atomic E-state index is 0.141. The highest BCUT2D eigenvalue weighted by atomic mass is 79.9. The van der Waals surface area contributed by atoms with Crippen molar-refractivity contribution >= 4 is 33.2 Å². The molecule has 102 valence electrons. The fourth-order valence-electron chi connectivity index (χ4n) is 1.65. The molecule has 0 spiro atoms. The minimum atomic E-state index is -0.277. The van der Waals surface area contributed by atoms with Crippen LogP contribution in [0, 0.1) is 11.8 Å². The number of amides is 1. The molecule has 1 heterocycles. The monoisotopic (exact) mass is 348 g/mol. The Morgan fingerprint density at radius 2 is 2.10 bits per heavy atom. The maximum absolute atomic E-state index is 11.4. The van der Waals surface area contributed by atoms with Gasteiger partial charge in [0, 0.05) is 15.4 Å². The molecule has 2 aromatic rings. The average Bonchev–Trinajstić information content (AvgIpc) is 2.89. The zero-order valence-corrected chi connectivity index (χ0v) is 13.5. The molecule has 1 aromatic heterocycles. The second-order valence-corrected chi connectivity index (χ2v) is 5.95. The number of carbonyl (C=O) groups excluding carboxylic acids is 1. The summed E-state index contributed by atoms with van der Waals surface area (Å²) in [6.07, 6.45) is 0. The molecule has 0 aliphatic heterocycles. The van der Waals surface area contributed by atoms with Gasteiger partial charge in [0.2, 0.25) is 0 Å². The van der Waals surface area contributed by atoms with E-state index in [1.807, 2.05) is 36.6 Å². The predicted octanol–water partition coefficient (Wildman–Crippen LogP) is 3.77. The predicted molar refractivity (Wildman–Crippen MR) is 85.3 cm³/mol. The van der Waals surface area contributed by atoms with Gasteiger partial charge in [-0.25, -0.2) is 4.98 Å². The van der Waals surface area contributed by atoms with Crippen LogP contribution >= 0.6 is 27.3 Å². The molecule has 1 aromatic carbocycles. The number of hydrogen-bond donors (Lipinski definition) is 1. The molecule has 0 radical (unpaired) electrons. The Morgan fingerprint density at radius 1 is 1.40 bits per heavy atom. The van der Waals surface area contributed by atoms with E-state index >= 15 is 0 Å². The first-order valence-electron chi connectivity index (χ1n) is 6.04. The molecule has 1 unspecified atom stereocenters. The molecule has 1 amide bonds. The number of rotatable bonds is 3. The first-order valence-corrected chi connectivity index (χ1v) is 7.72. The van der Waals surface area contributed by atoms with Crippen LogP contribution < -0.4 is 5.32 Å². The molecule has 0 saturated heterocycles. The van der Waals surface area contributed by atoms with E-state index < -0.39 is 0 Å². The number of benzene rings is 1. The largest absolute Gasteiger partial charge is 0.336 e. The Labute approximate surface area is 130 Å². The van der Waals surface area contributed by atoms with Crippen LogP contribution in [0.3, 0.4) is 0 Å². The highest BCUT2D eigenvalue weighted by Crippen LogP contribution is 2.26. The summed E-state index contributed by atoms with van der Waals surface area (Å²) < 4.78 is 1.04. The van der Waals surface area contributed by atoms with Gasteiger partial charge in [0.1, 0.15) is 5.01 Å². The SMILES string of the molecule is CC#CC(=O)NC(C)c1nc(-c2ccc(Br)cc2)cs1. The Hall–Kier alpha value is -1.64. The Kier molecular flexibility index (Phi) is 4.94. The number of nitrogens with zero attached hydrogens (tertiary/aromatic N) is 1. The van der Waals surface area contributed by atoms with Gasteiger partial charge in [-0.3, -0.25) is 4.79 Å². The topological polar surface area (TPSA) is 42.0 Å². The zero-order chi connectivity index (χ0) is 14.5. The lowest BCUT2D eigenvalue weighted by Gasteiger charge is -2.07. The van der Waals surface area contributed by atoms with Crippen molar-refractivity contribution in [1.82, 2.24) is 10.3 Å². The summed E-state index contributed by atoms with van der Waals surface area (Å²) in [5.41, 5.74) is 1.97. The van der Waals surface area contributed by atoms with Gasteiger partial charge in [0.15, 0.2) is 0 Å². The first-order chi connectivity index (χ1) is 9.60. The van der Waals surface area contributed by atoms with Gasteiger partial charge < -0.3 is 5.32 Å². The van der Waals surface area contributed by atoms with Gasteiger partial charge in [0.05, 0.1) is 11.7 Å². The second-order valence-electron chi connectivity index (χ2n) is 4.15. The van der Waals surface area contributed by atoms with Gasteiger partial charge in [-0.15, -0.1) is 11.3 Å². The zero-order valence-electron chi connectivity index (χ0n) is 11.1. The summed E-state index contributed by atoms with van der Waals surface area (Å²) in [7, 11) is 0. The van der Waals surface area contributed by atoms with Crippen molar-refractivity contribution in [3.05, 3.63) is 39.1 Å². The Bertz CT molecular complexity index is 667. The number of thiazole rings is 1. The lowest BCUT2D eigenvalue weighted by molar-refractivity contribution is -0.116. The summed E-state index contributed by atoms with van der Waals surface area (Å²) in [6, 6.07) is 7.84. The maximum Gasteiger partial charge on any atom is 0.296 e. The summed E-state index contributed by atoms with van der Waals surface area (Å²) in [5.74, 6) is 4.76. The fraction of sp³-hybridized carbons (Fsp3) is 0.200. The summed E-state index contributed by atoms with van der Waals surface area (Å²) in [5, 5.41) is 5.66. The van der Waals surface area contributed by atoms with Crippen LogP contribution in [0.25, 0.3) is 11.3 Å². The molecule has 1 N–H and O–H groups in total. The average molecular weight is 349 g/mol. The Balaban J connectivity index is 2.13. The van der Waals surface area contributed by atoms with Crippen molar-refractivity contribution in [2.24, 2.45) is 0 Å². The third-order valence-corrected chi connectivity index (χ3v) is 4.17. The van der Waals surface area contributed by atoms with Gasteiger partial charge in [-0.1, -0.05) is 34.0 Å². The third-order valence-electron chi connectivity index (χ3n) is 2.62. The first kappa shape index (κ1) is 14.8. The molecular weight excluding hydrogens is 336 g/mol. The van der Waals surface area contributed by atoms with Crippen LogP contribution in [0.15, 0.2) is 34.1 Å². The molecule has 0 fully saturated rings. The van der Waals surface area contributed by atoms with E-state index in [0.717, 1.165) is 20.7 Å². The van der Waals surface area contributed by atoms with Gasteiger partial charge >= 0.3 is 0 Å². The van der Waals surface area contributed by atoms with Crippen LogP contribution in [0.5, 0.6) is 0 Å². The lowest BCUT2D eigenvalue weighted by Crippen LogP contribution is -2.24. The van der Waals surface area contributed by atoms with Crippen molar-refractivity contribution in [2.45, 2.75) is 19.9 Å². The fourth-order valence-corrected chi connectivity index (χ4v) is 2.75. The van der Waals surface area contributed by atoms with Crippen LogP contribution in [0.4, 0.5) is 0 Å². The molecule has 0 aliphatic rings. The summed E-state index contributed by atoms with van der Waals surface area (Å²) in [6.45, 7) is 3.54. The normalized spacial score (nSPS) is 11.3. The van der Waals surface area contributed by atoms with Crippen LogP contribution in [-0.4, -0.2) is 10.9 Å². The number of halogens is 1. The summed E-state index contributed by atoms with van der Waals surface area (Å²) >= 11 is 4.94. The van der Waals surface area contributed by atoms with E-state index in [1.54, 1.807) is 6.92 Å². The quantitative estimate of drug-likeness (QED) is 0.857. The molecule has 3 nitrogen and oxygen atoms in total. The minimum Gasteiger partial charge on any atom is -0.336 e. The third kappa shape index (κ3) is 3.69. The van der Waals surface area contributed by atoms with Crippen LogP contribution in [0.2, 0.25) is 0 Å². The van der Waals surface area contributed by atoms with Crippen molar-refractivity contribution < 1.29 is 4.79 Å². The smallest absolute Gasteiger partial charge is 0.296 e. The number of nitrogens with one attached hydrogen (secondary N) is 1. The van der Waals surface area contributed by atoms with Gasteiger partial charge in [-0.05, 0) is 31.9 Å². The highest BCUT2D eigenvalue weighted by Gasteiger charge is 2.13. The molecule has 5 heteroatoms. The van der Waals surface area contributed by atoms with Crippen molar-refractivity contribution in [3.8, 4) is 23.1 Å². The standard InChI is InChI=1S/C15H13BrN2OS/c1-3-4-14(19)17-10(2)15-18-13(9-20-15)11-5-7-12(16)8-6-11/h5-10H,1-2H3,(H,17,19). The highest BCUT2D eigenvalue weighted by molar-refractivity contribution is 9.10. The maximum atomic E-state index is 11.4. The molecule has 0 saturated carbocycles. The Morgan fingerprint density at radius 3 is 2.75 bits per heavy atom. The van der Waals surface area contributed by atoms with E-state index in [4.69, 9.17) is 0 Å². The molecule has 2 rings (SSSR count). The van der Waals surface area contributed by atoms with Gasteiger partial charge in [0.25, 0.3) is 5.91 Å². The van der Waals surface area contributed by atoms with Crippen molar-refractivity contribution in [3.63, 3.8) is 0 Å². The van der Waals surface area contributed by atoms with Crippen molar-refractivity contribution in [2.75, 3.05) is 0 Å². The molecule has 0 bridgehead atoms. The molecule has 1 atom stereocenters. The molecular formula is C15H13BrN2OS. The van der Waals surface area contributed by atoms with E-state index in [1.165, 1.54) is 11.3 Å². The second kappa shape index (κ2) is 6.69. The molecule has 20 heavy (non-hydrogen) atoms. The van der Waals surface area contributed by atoms with E-state index in [0.29, 0.717) is 0 Å². The van der Waals surface area contributed by atoms with Crippen LogP contribution in [-0.2, 0) is 4.79 Å². The number of carbonyl (C=O) groups is 1. The molecule has 0 aliphatic carbocycles. The van der Waals surface area contributed by atoms with E-state index in [-0.39, 0.29) is 11.9 Å². The number of hydrogen-bond acceptors (Lipinski definition) is 3. The lowest BCUT2D eigenvalue weighted by atomic mass is 10.2. The summed E-state index contributed by atoms with van der Waals surface area (Å²) in [4.78, 5) is 16.0. The number of aromatic nitrogens is 1.